The van der Waals surface area contributed by atoms with Gasteiger partial charge in [0.1, 0.15) is 0 Å². The number of amides is 1. The molecule has 1 saturated carbocycles. The molecule has 1 aliphatic carbocycles. The number of nitrogens with zero attached hydrogens (tertiary/aromatic N) is 6. The minimum atomic E-state index is 0.0533. The van der Waals surface area contributed by atoms with Crippen LogP contribution in [-0.2, 0) is 11.8 Å². The number of carbonyl (C=O) groups is 1. The van der Waals surface area contributed by atoms with Crippen LogP contribution < -0.4 is 4.90 Å². The van der Waals surface area contributed by atoms with Gasteiger partial charge in [-0.3, -0.25) is 9.48 Å². The molecule has 3 aromatic heterocycles. The fourth-order valence-electron chi connectivity index (χ4n) is 5.23. The molecule has 3 atom stereocenters. The molecule has 0 bridgehead atoms. The Morgan fingerprint density at radius 2 is 2.10 bits per heavy atom. The van der Waals surface area contributed by atoms with E-state index in [0.29, 0.717) is 17.9 Å². The highest BCUT2D eigenvalue weighted by Crippen LogP contribution is 2.42. The molecule has 4 heterocycles. The number of rotatable bonds is 4. The molecule has 2 fully saturated rings. The van der Waals surface area contributed by atoms with Gasteiger partial charge in [0.2, 0.25) is 5.91 Å². The minimum Gasteiger partial charge on any atom is -0.369 e. The van der Waals surface area contributed by atoms with Crippen molar-refractivity contribution < 1.29 is 4.79 Å². The van der Waals surface area contributed by atoms with Gasteiger partial charge in [-0.2, -0.15) is 10.2 Å². The highest BCUT2D eigenvalue weighted by Gasteiger charge is 2.45. The Bertz CT molecular complexity index is 1080. The molecule has 5 rings (SSSR count). The quantitative estimate of drug-likeness (QED) is 0.643. The maximum atomic E-state index is 12.1. The molecule has 29 heavy (non-hydrogen) atoms. The summed E-state index contributed by atoms with van der Waals surface area (Å²) in [4.78, 5) is 16.5. The Hall–Kier alpha value is -3.09. The predicted molar refractivity (Wildman–Crippen MR) is 113 cm³/mol. The standard InChI is InChI=1S/C22H26N6O/c1-4-22(29)27-12-15-5-6-19(18(15)14-27)26(3)21-9-16(17-10-24-25(2)11-17)13-28-20(21)7-8-23-28/h4,7-11,13,15,18-19H,1,5-6,12,14H2,2-3H3. The molecule has 1 saturated heterocycles. The number of carbonyl (C=O) groups excluding carboxylic acids is 1. The van der Waals surface area contributed by atoms with Crippen LogP contribution in [0, 0.1) is 11.8 Å². The van der Waals surface area contributed by atoms with Crippen LogP contribution in [0.25, 0.3) is 16.6 Å². The molecule has 3 aromatic rings. The van der Waals surface area contributed by atoms with Crippen LogP contribution >= 0.6 is 0 Å². The van der Waals surface area contributed by atoms with Crippen molar-refractivity contribution in [2.75, 3.05) is 25.0 Å². The summed E-state index contributed by atoms with van der Waals surface area (Å²) >= 11 is 0. The van der Waals surface area contributed by atoms with Gasteiger partial charge in [0.15, 0.2) is 0 Å². The molecule has 3 unspecified atom stereocenters. The van der Waals surface area contributed by atoms with Gasteiger partial charge in [0.25, 0.3) is 0 Å². The Balaban J connectivity index is 1.49. The summed E-state index contributed by atoms with van der Waals surface area (Å²) < 4.78 is 3.76. The van der Waals surface area contributed by atoms with Gasteiger partial charge >= 0.3 is 0 Å². The number of aryl methyl sites for hydroxylation is 1. The van der Waals surface area contributed by atoms with Gasteiger partial charge in [0.05, 0.1) is 23.6 Å². The van der Waals surface area contributed by atoms with E-state index in [9.17, 15) is 4.79 Å². The van der Waals surface area contributed by atoms with Crippen LogP contribution in [0.5, 0.6) is 0 Å². The average Bonchev–Trinajstić information content (AvgIpc) is 3.48. The molecule has 0 spiro atoms. The van der Waals surface area contributed by atoms with Crippen molar-refractivity contribution in [2.45, 2.75) is 18.9 Å². The summed E-state index contributed by atoms with van der Waals surface area (Å²) in [6.45, 7) is 5.33. The van der Waals surface area contributed by atoms with Gasteiger partial charge in [0, 0.05) is 62.7 Å². The van der Waals surface area contributed by atoms with E-state index in [1.807, 2.05) is 39.7 Å². The van der Waals surface area contributed by atoms with Crippen molar-refractivity contribution >= 4 is 17.1 Å². The zero-order chi connectivity index (χ0) is 20.1. The van der Waals surface area contributed by atoms with Crippen molar-refractivity contribution in [3.63, 3.8) is 0 Å². The molecule has 7 heteroatoms. The summed E-state index contributed by atoms with van der Waals surface area (Å²) in [6.07, 6.45) is 11.6. The van der Waals surface area contributed by atoms with Gasteiger partial charge in [-0.1, -0.05) is 6.58 Å². The lowest BCUT2D eigenvalue weighted by Crippen LogP contribution is -2.38. The second-order valence-electron chi connectivity index (χ2n) is 8.30. The number of aromatic nitrogens is 4. The second-order valence-corrected chi connectivity index (χ2v) is 8.30. The number of fused-ring (bicyclic) bond motifs is 2. The zero-order valence-electron chi connectivity index (χ0n) is 16.9. The monoisotopic (exact) mass is 390 g/mol. The molecule has 1 amide bonds. The van der Waals surface area contributed by atoms with Crippen molar-refractivity contribution in [3.05, 3.63) is 49.6 Å². The lowest BCUT2D eigenvalue weighted by Gasteiger charge is -2.32. The maximum Gasteiger partial charge on any atom is 0.245 e. The largest absolute Gasteiger partial charge is 0.369 e. The zero-order valence-corrected chi connectivity index (χ0v) is 16.9. The van der Waals surface area contributed by atoms with Crippen molar-refractivity contribution in [1.29, 1.82) is 0 Å². The van der Waals surface area contributed by atoms with Crippen molar-refractivity contribution in [1.82, 2.24) is 24.3 Å². The summed E-state index contributed by atoms with van der Waals surface area (Å²) in [7, 11) is 4.11. The number of hydrogen-bond acceptors (Lipinski definition) is 4. The molecular weight excluding hydrogens is 364 g/mol. The van der Waals surface area contributed by atoms with Crippen LogP contribution in [0.2, 0.25) is 0 Å². The fourth-order valence-corrected chi connectivity index (χ4v) is 5.23. The molecule has 2 aliphatic rings. The summed E-state index contributed by atoms with van der Waals surface area (Å²) in [5, 5.41) is 8.81. The second kappa shape index (κ2) is 6.76. The van der Waals surface area contributed by atoms with Crippen LogP contribution in [-0.4, -0.2) is 56.4 Å². The predicted octanol–water partition coefficient (Wildman–Crippen LogP) is 2.59. The van der Waals surface area contributed by atoms with Crippen LogP contribution in [0.1, 0.15) is 12.8 Å². The Morgan fingerprint density at radius 3 is 2.86 bits per heavy atom. The van der Waals surface area contributed by atoms with Crippen LogP contribution in [0.3, 0.4) is 0 Å². The number of hydrogen-bond donors (Lipinski definition) is 0. The van der Waals surface area contributed by atoms with Gasteiger partial charge < -0.3 is 9.80 Å². The topological polar surface area (TPSA) is 58.7 Å². The Labute approximate surface area is 170 Å². The lowest BCUT2D eigenvalue weighted by atomic mass is 9.96. The highest BCUT2D eigenvalue weighted by molar-refractivity contribution is 5.87. The van der Waals surface area contributed by atoms with Gasteiger partial charge in [-0.25, -0.2) is 4.52 Å². The molecule has 0 aromatic carbocycles. The van der Waals surface area contributed by atoms with E-state index < -0.39 is 0 Å². The van der Waals surface area contributed by atoms with Crippen molar-refractivity contribution in [3.8, 4) is 11.1 Å². The Kier molecular flexibility index (Phi) is 4.19. The highest BCUT2D eigenvalue weighted by atomic mass is 16.2. The van der Waals surface area contributed by atoms with Gasteiger partial charge in [-0.05, 0) is 37.0 Å². The van der Waals surface area contributed by atoms with E-state index in [0.717, 1.165) is 36.2 Å². The first-order chi connectivity index (χ1) is 14.0. The first-order valence-corrected chi connectivity index (χ1v) is 10.2. The molecule has 150 valence electrons. The third kappa shape index (κ3) is 2.92. The number of pyridine rings is 1. The molecule has 0 N–H and O–H groups in total. The summed E-state index contributed by atoms with van der Waals surface area (Å²) in [5.41, 5.74) is 4.44. The third-order valence-corrected chi connectivity index (χ3v) is 6.71. The van der Waals surface area contributed by atoms with E-state index >= 15 is 0 Å². The van der Waals surface area contributed by atoms with E-state index in [-0.39, 0.29) is 5.91 Å². The average molecular weight is 390 g/mol. The van der Waals surface area contributed by atoms with Gasteiger partial charge in [-0.15, -0.1) is 0 Å². The SMILES string of the molecule is C=CC(=O)N1CC2CCC(N(C)c3cc(-c4cnn(C)c4)cn4nccc34)C2C1. The number of anilines is 1. The first kappa shape index (κ1) is 18.0. The van der Waals surface area contributed by atoms with E-state index in [1.54, 1.807) is 0 Å². The minimum absolute atomic E-state index is 0.0533. The van der Waals surface area contributed by atoms with E-state index in [4.69, 9.17) is 0 Å². The van der Waals surface area contributed by atoms with E-state index in [1.165, 1.54) is 18.2 Å². The first-order valence-electron chi connectivity index (χ1n) is 10.2. The van der Waals surface area contributed by atoms with Crippen molar-refractivity contribution in [2.24, 2.45) is 18.9 Å². The maximum absolute atomic E-state index is 12.1. The number of likely N-dealkylation sites (tertiary alicyclic amines) is 1. The summed E-state index contributed by atoms with van der Waals surface area (Å²) in [6, 6.07) is 4.71. The lowest BCUT2D eigenvalue weighted by molar-refractivity contribution is -0.125. The summed E-state index contributed by atoms with van der Waals surface area (Å²) in [5.74, 6) is 1.13. The molecular formula is C22H26N6O. The fraction of sp³-hybridized carbons (Fsp3) is 0.409. The Morgan fingerprint density at radius 1 is 1.24 bits per heavy atom. The molecule has 7 nitrogen and oxygen atoms in total. The molecule has 0 radical (unpaired) electrons. The third-order valence-electron chi connectivity index (χ3n) is 6.71. The van der Waals surface area contributed by atoms with Crippen LogP contribution in [0.4, 0.5) is 5.69 Å². The molecule has 1 aliphatic heterocycles. The van der Waals surface area contributed by atoms with Crippen LogP contribution in [0.15, 0.2) is 49.6 Å². The normalized spacial score (nSPS) is 23.5. The smallest absolute Gasteiger partial charge is 0.245 e. The van der Waals surface area contributed by atoms with E-state index in [2.05, 4.69) is 47.1 Å².